The third-order valence-electron chi connectivity index (χ3n) is 3.47. The van der Waals surface area contributed by atoms with Crippen LogP contribution < -0.4 is 0 Å². The average molecular weight is 285 g/mol. The van der Waals surface area contributed by atoms with Crippen LogP contribution in [0, 0.1) is 0 Å². The van der Waals surface area contributed by atoms with Gasteiger partial charge in [0, 0.05) is 25.3 Å². The number of nitrogens with zero attached hydrogens (tertiary/aromatic N) is 2. The molecule has 0 radical (unpaired) electrons. The number of rotatable bonds is 4. The van der Waals surface area contributed by atoms with E-state index in [4.69, 9.17) is 16.7 Å². The molecule has 1 amide bonds. The second-order valence-electron chi connectivity index (χ2n) is 4.72. The molecule has 1 aliphatic heterocycles. The molecule has 1 aromatic heterocycles. The van der Waals surface area contributed by atoms with Crippen molar-refractivity contribution < 1.29 is 14.7 Å². The number of halogens is 1. The van der Waals surface area contributed by atoms with Crippen molar-refractivity contribution in [1.29, 1.82) is 0 Å². The van der Waals surface area contributed by atoms with Crippen LogP contribution in [0.2, 0.25) is 5.02 Å². The number of likely N-dealkylation sites (tertiary alicyclic amines) is 1. The molecule has 0 saturated carbocycles. The van der Waals surface area contributed by atoms with Crippen molar-refractivity contribution in [2.75, 3.05) is 6.54 Å². The predicted octanol–water partition coefficient (Wildman–Crippen LogP) is 2.24. The van der Waals surface area contributed by atoms with E-state index < -0.39 is 5.97 Å². The van der Waals surface area contributed by atoms with E-state index in [9.17, 15) is 9.59 Å². The van der Waals surface area contributed by atoms with Gasteiger partial charge in [0.2, 0.25) is 0 Å². The minimum Gasteiger partial charge on any atom is -0.481 e. The van der Waals surface area contributed by atoms with Gasteiger partial charge < -0.3 is 14.6 Å². The Morgan fingerprint density at radius 2 is 2.26 bits per heavy atom. The van der Waals surface area contributed by atoms with Gasteiger partial charge in [-0.2, -0.15) is 0 Å². The van der Waals surface area contributed by atoms with Crippen LogP contribution in [0.25, 0.3) is 0 Å². The topological polar surface area (TPSA) is 62.5 Å². The molecular weight excluding hydrogens is 268 g/mol. The third-order valence-corrected chi connectivity index (χ3v) is 3.68. The maximum absolute atomic E-state index is 12.5. The summed E-state index contributed by atoms with van der Waals surface area (Å²) in [7, 11) is 0. The Morgan fingerprint density at radius 1 is 1.53 bits per heavy atom. The molecule has 19 heavy (non-hydrogen) atoms. The first kappa shape index (κ1) is 13.9. The zero-order chi connectivity index (χ0) is 14.0. The summed E-state index contributed by atoms with van der Waals surface area (Å²) in [5.74, 6) is -0.994. The first-order valence-corrected chi connectivity index (χ1v) is 6.79. The molecule has 1 unspecified atom stereocenters. The van der Waals surface area contributed by atoms with E-state index in [1.54, 1.807) is 21.7 Å². The van der Waals surface area contributed by atoms with Crippen molar-refractivity contribution in [2.24, 2.45) is 0 Å². The summed E-state index contributed by atoms with van der Waals surface area (Å²) in [6.45, 7) is 3.21. The first-order valence-electron chi connectivity index (χ1n) is 6.41. The standard InChI is InChI=1S/C13H17ClN2O3/c1-2-15-8-9(14)6-11(15)13(19)16-5-3-4-10(16)7-12(17)18/h6,8,10H,2-5,7H2,1H3,(H,17,18). The van der Waals surface area contributed by atoms with Crippen LogP contribution in [0.1, 0.15) is 36.7 Å². The predicted molar refractivity (Wildman–Crippen MR) is 71.4 cm³/mol. The highest BCUT2D eigenvalue weighted by molar-refractivity contribution is 6.31. The van der Waals surface area contributed by atoms with E-state index >= 15 is 0 Å². The normalized spacial score (nSPS) is 18.8. The van der Waals surface area contributed by atoms with Gasteiger partial charge in [-0.1, -0.05) is 11.6 Å². The number of aliphatic carboxylic acids is 1. The molecule has 0 bridgehead atoms. The molecule has 2 rings (SSSR count). The number of amides is 1. The summed E-state index contributed by atoms with van der Waals surface area (Å²) >= 11 is 5.93. The van der Waals surface area contributed by atoms with Gasteiger partial charge in [0.25, 0.3) is 5.91 Å². The lowest BCUT2D eigenvalue weighted by Gasteiger charge is -2.23. The van der Waals surface area contributed by atoms with Crippen LogP contribution in [-0.4, -0.2) is 39.0 Å². The lowest BCUT2D eigenvalue weighted by Crippen LogP contribution is -2.37. The van der Waals surface area contributed by atoms with E-state index in [1.807, 2.05) is 6.92 Å². The number of aryl methyl sites for hydroxylation is 1. The number of hydrogen-bond donors (Lipinski definition) is 1. The highest BCUT2D eigenvalue weighted by atomic mass is 35.5. The molecule has 1 aliphatic rings. The summed E-state index contributed by atoms with van der Waals surface area (Å²) in [6, 6.07) is 1.44. The lowest BCUT2D eigenvalue weighted by atomic mass is 10.1. The van der Waals surface area contributed by atoms with Crippen molar-refractivity contribution in [3.8, 4) is 0 Å². The maximum atomic E-state index is 12.5. The molecule has 104 valence electrons. The highest BCUT2D eigenvalue weighted by Crippen LogP contribution is 2.24. The fraction of sp³-hybridized carbons (Fsp3) is 0.538. The number of aromatic nitrogens is 1. The molecule has 6 heteroatoms. The molecule has 2 heterocycles. The monoisotopic (exact) mass is 284 g/mol. The Hall–Kier alpha value is -1.49. The number of carboxylic acid groups (broad SMARTS) is 1. The average Bonchev–Trinajstić information content (AvgIpc) is 2.94. The molecule has 1 fully saturated rings. The summed E-state index contributed by atoms with van der Waals surface area (Å²) < 4.78 is 1.79. The third kappa shape index (κ3) is 2.92. The Bertz CT molecular complexity index is 498. The van der Waals surface area contributed by atoms with E-state index in [0.717, 1.165) is 12.8 Å². The zero-order valence-electron chi connectivity index (χ0n) is 10.8. The number of carbonyl (C=O) groups excluding carboxylic acids is 1. The van der Waals surface area contributed by atoms with Crippen molar-refractivity contribution in [3.63, 3.8) is 0 Å². The second kappa shape index (κ2) is 5.65. The molecule has 1 atom stereocenters. The van der Waals surface area contributed by atoms with Crippen LogP contribution in [-0.2, 0) is 11.3 Å². The van der Waals surface area contributed by atoms with Crippen molar-refractivity contribution in [3.05, 3.63) is 23.0 Å². The Kier molecular flexibility index (Phi) is 4.14. The lowest BCUT2D eigenvalue weighted by molar-refractivity contribution is -0.137. The van der Waals surface area contributed by atoms with Crippen molar-refractivity contribution in [1.82, 2.24) is 9.47 Å². The van der Waals surface area contributed by atoms with Gasteiger partial charge in [-0.3, -0.25) is 9.59 Å². The Labute approximate surface area is 116 Å². The summed E-state index contributed by atoms with van der Waals surface area (Å²) in [4.78, 5) is 25.0. The van der Waals surface area contributed by atoms with Crippen molar-refractivity contribution in [2.45, 2.75) is 38.8 Å². The largest absolute Gasteiger partial charge is 0.481 e. The van der Waals surface area contributed by atoms with Crippen LogP contribution >= 0.6 is 11.6 Å². The van der Waals surface area contributed by atoms with Gasteiger partial charge in [0.1, 0.15) is 5.69 Å². The molecule has 0 aliphatic carbocycles. The molecular formula is C13H17ClN2O3. The molecule has 1 saturated heterocycles. The van der Waals surface area contributed by atoms with Gasteiger partial charge in [-0.25, -0.2) is 0 Å². The second-order valence-corrected chi connectivity index (χ2v) is 5.16. The SMILES string of the molecule is CCn1cc(Cl)cc1C(=O)N1CCCC1CC(=O)O. The summed E-state index contributed by atoms with van der Waals surface area (Å²) in [5.41, 5.74) is 0.532. The molecule has 0 spiro atoms. The zero-order valence-corrected chi connectivity index (χ0v) is 11.6. The molecule has 1 N–H and O–H groups in total. The van der Waals surface area contributed by atoms with Gasteiger partial charge in [-0.05, 0) is 25.8 Å². The maximum Gasteiger partial charge on any atom is 0.305 e. The van der Waals surface area contributed by atoms with E-state index in [1.165, 1.54) is 0 Å². The van der Waals surface area contributed by atoms with E-state index in [2.05, 4.69) is 0 Å². The molecule has 1 aromatic rings. The smallest absolute Gasteiger partial charge is 0.305 e. The van der Waals surface area contributed by atoms with E-state index in [-0.39, 0.29) is 18.4 Å². The number of carboxylic acids is 1. The molecule has 5 nitrogen and oxygen atoms in total. The number of carbonyl (C=O) groups is 2. The van der Waals surface area contributed by atoms with Crippen LogP contribution in [0.15, 0.2) is 12.3 Å². The van der Waals surface area contributed by atoms with Crippen LogP contribution in [0.5, 0.6) is 0 Å². The van der Waals surface area contributed by atoms with Gasteiger partial charge in [0.15, 0.2) is 0 Å². The van der Waals surface area contributed by atoms with Gasteiger partial charge >= 0.3 is 5.97 Å². The van der Waals surface area contributed by atoms with E-state index in [0.29, 0.717) is 23.8 Å². The van der Waals surface area contributed by atoms with Crippen molar-refractivity contribution >= 4 is 23.5 Å². The quantitative estimate of drug-likeness (QED) is 0.922. The summed E-state index contributed by atoms with van der Waals surface area (Å²) in [6.07, 6.45) is 3.33. The first-order chi connectivity index (χ1) is 9.02. The molecule has 0 aromatic carbocycles. The fourth-order valence-corrected chi connectivity index (χ4v) is 2.80. The fourth-order valence-electron chi connectivity index (χ4n) is 2.58. The van der Waals surface area contributed by atoms with Crippen LogP contribution in [0.3, 0.4) is 0 Å². The minimum absolute atomic E-state index is 0.00626. The van der Waals surface area contributed by atoms with Gasteiger partial charge in [-0.15, -0.1) is 0 Å². The Balaban J connectivity index is 2.20. The number of hydrogen-bond acceptors (Lipinski definition) is 2. The Morgan fingerprint density at radius 3 is 2.89 bits per heavy atom. The van der Waals surface area contributed by atoms with Gasteiger partial charge in [0.05, 0.1) is 11.4 Å². The van der Waals surface area contributed by atoms with Crippen LogP contribution in [0.4, 0.5) is 0 Å². The summed E-state index contributed by atoms with van der Waals surface area (Å²) in [5, 5.41) is 9.41. The minimum atomic E-state index is -0.867. The highest BCUT2D eigenvalue weighted by Gasteiger charge is 2.32.